The van der Waals surface area contributed by atoms with Gasteiger partial charge in [-0.25, -0.2) is 0 Å². The summed E-state index contributed by atoms with van der Waals surface area (Å²) in [6.45, 7) is 16.3. The molecule has 0 saturated carbocycles. The Kier molecular flexibility index (Phi) is 8.13. The van der Waals surface area contributed by atoms with Crippen molar-refractivity contribution in [2.45, 2.75) is 59.4 Å². The average Bonchev–Trinajstić information content (AvgIpc) is 3.63. The van der Waals surface area contributed by atoms with E-state index in [1.54, 1.807) is 7.05 Å². The number of aromatic nitrogens is 3. The second-order valence-electron chi connectivity index (χ2n) is 11.2. The van der Waals surface area contributed by atoms with Crippen molar-refractivity contribution in [1.82, 2.24) is 20.3 Å². The van der Waals surface area contributed by atoms with Crippen molar-refractivity contribution >= 4 is 54.0 Å². The standard InChI is InChI=1S/C35H39N5O3/c1-8-22-18(3)26-14-27-20(5)24(10-12-34(41)36-7)32(39-27)17-33-25(11-13-35(42)43)21(6)29(40-33)16-31-23(9-2)19(4)28(38-31)15-30(22)37-26/h8-9,14-17,33H,1-2,10-13H2,3-7H3,(H5,36,37,38,39,40,41,42,43)/p-1/b32-17-. The Hall–Kier alpha value is -4.85. The van der Waals surface area contributed by atoms with Crippen molar-refractivity contribution in [1.29, 1.82) is 0 Å². The van der Waals surface area contributed by atoms with E-state index in [0.717, 1.165) is 83.0 Å². The van der Waals surface area contributed by atoms with E-state index in [4.69, 9.17) is 9.98 Å². The summed E-state index contributed by atoms with van der Waals surface area (Å²) in [7, 11) is 1.64. The number of fused-ring (bicyclic) bond motifs is 7. The molecule has 5 rings (SSSR count). The minimum Gasteiger partial charge on any atom is -0.658 e. The van der Waals surface area contributed by atoms with Gasteiger partial charge in [-0.05, 0) is 75.0 Å². The van der Waals surface area contributed by atoms with Gasteiger partial charge in [-0.2, -0.15) is 0 Å². The van der Waals surface area contributed by atoms with E-state index in [9.17, 15) is 14.7 Å². The second-order valence-corrected chi connectivity index (χ2v) is 11.2. The van der Waals surface area contributed by atoms with Crippen LogP contribution in [0, 0.1) is 20.8 Å². The summed E-state index contributed by atoms with van der Waals surface area (Å²) < 4.78 is 0. The summed E-state index contributed by atoms with van der Waals surface area (Å²) in [5, 5.41) is 15.6. The lowest BCUT2D eigenvalue weighted by Gasteiger charge is -2.11. The molecule has 1 amide bonds. The zero-order valence-electron chi connectivity index (χ0n) is 25.4. The van der Waals surface area contributed by atoms with Crippen LogP contribution in [0.1, 0.15) is 71.0 Å². The molecule has 8 nitrogen and oxygen atoms in total. The van der Waals surface area contributed by atoms with Gasteiger partial charge in [-0.1, -0.05) is 48.6 Å². The Bertz CT molecular complexity index is 1990. The van der Waals surface area contributed by atoms with Gasteiger partial charge in [0.1, 0.15) is 0 Å². The van der Waals surface area contributed by atoms with Crippen LogP contribution in [0.4, 0.5) is 0 Å². The molecule has 0 aromatic carbocycles. The van der Waals surface area contributed by atoms with Gasteiger partial charge in [0.15, 0.2) is 0 Å². The first kappa shape index (κ1) is 29.6. The monoisotopic (exact) mass is 576 g/mol. The number of aromatic amines is 2. The average molecular weight is 577 g/mol. The van der Waals surface area contributed by atoms with Crippen LogP contribution in [0.15, 0.2) is 29.3 Å². The smallest absolute Gasteiger partial charge is 0.303 e. The first-order valence-corrected chi connectivity index (χ1v) is 14.5. The number of carboxylic acid groups (broad SMARTS) is 1. The Morgan fingerprint density at radius 3 is 2.35 bits per heavy atom. The van der Waals surface area contributed by atoms with E-state index >= 15 is 0 Å². The van der Waals surface area contributed by atoms with Gasteiger partial charge in [0, 0.05) is 53.1 Å². The van der Waals surface area contributed by atoms with E-state index in [0.29, 0.717) is 19.3 Å². The van der Waals surface area contributed by atoms with E-state index < -0.39 is 5.97 Å². The number of carbonyl (C=O) groups excluding carboxylic acids is 1. The van der Waals surface area contributed by atoms with Gasteiger partial charge in [0.2, 0.25) is 5.91 Å². The number of rotatable bonds is 8. The number of amides is 1. The second kappa shape index (κ2) is 11.8. The highest BCUT2D eigenvalue weighted by molar-refractivity contribution is 6.22. The van der Waals surface area contributed by atoms with Gasteiger partial charge >= 0.3 is 5.97 Å². The number of carbonyl (C=O) groups is 2. The van der Waals surface area contributed by atoms with Gasteiger partial charge in [-0.3, -0.25) is 14.6 Å². The van der Waals surface area contributed by atoms with Crippen LogP contribution in [-0.2, 0) is 16.0 Å². The van der Waals surface area contributed by atoms with Crippen LogP contribution in [0.2, 0.25) is 0 Å². The first-order chi connectivity index (χ1) is 20.6. The minimum atomic E-state index is -0.853. The topological polar surface area (TPSA) is 124 Å². The van der Waals surface area contributed by atoms with Gasteiger partial charge in [0.05, 0.1) is 11.8 Å². The number of aliphatic imine (C=N–C) groups is 1. The van der Waals surface area contributed by atoms with E-state index in [-0.39, 0.29) is 18.4 Å². The first-order valence-electron chi connectivity index (χ1n) is 14.5. The number of carboxylic acids is 1. The summed E-state index contributed by atoms with van der Waals surface area (Å²) in [6.07, 6.45) is 13.1. The Morgan fingerprint density at radius 1 is 0.930 bits per heavy atom. The molecule has 4 N–H and O–H groups in total. The molecular weight excluding hydrogens is 538 g/mol. The van der Waals surface area contributed by atoms with Crippen LogP contribution in [-0.4, -0.2) is 45.8 Å². The molecule has 8 bridgehead atoms. The van der Waals surface area contributed by atoms with E-state index in [1.165, 1.54) is 0 Å². The number of nitrogens with zero attached hydrogens (tertiary/aromatic N) is 2. The third kappa shape index (κ3) is 5.52. The summed E-state index contributed by atoms with van der Waals surface area (Å²) in [6, 6.07) is -0.375. The highest BCUT2D eigenvalue weighted by Crippen LogP contribution is 2.28. The van der Waals surface area contributed by atoms with Crippen LogP contribution in [0.5, 0.6) is 0 Å². The minimum absolute atomic E-state index is 0.00825. The highest BCUT2D eigenvalue weighted by atomic mass is 16.4. The fourth-order valence-electron chi connectivity index (χ4n) is 6.07. The zero-order chi connectivity index (χ0) is 31.0. The summed E-state index contributed by atoms with van der Waals surface area (Å²) in [4.78, 5) is 41.1. The lowest BCUT2D eigenvalue weighted by atomic mass is 9.96. The van der Waals surface area contributed by atoms with Gasteiger partial charge < -0.3 is 25.4 Å². The van der Waals surface area contributed by atoms with Crippen LogP contribution >= 0.6 is 0 Å². The SMILES string of the molecule is C=Cc1c2[nH]c(c1C)/C=c1\[n-]/c(c(CCC(=O)NC)c1C)=C\C1N=C(/C=c3\[nH]/c(c(C)c3C=C)=C\2)C(C)=C1CCC(=O)O. The van der Waals surface area contributed by atoms with E-state index in [1.807, 2.05) is 44.2 Å². The quantitative estimate of drug-likeness (QED) is 0.329. The van der Waals surface area contributed by atoms with Crippen molar-refractivity contribution in [2.75, 3.05) is 7.05 Å². The van der Waals surface area contributed by atoms with Crippen LogP contribution in [0.25, 0.3) is 36.5 Å². The van der Waals surface area contributed by atoms with Crippen LogP contribution < -0.4 is 31.7 Å². The fourth-order valence-corrected chi connectivity index (χ4v) is 6.07. The lowest BCUT2D eigenvalue weighted by molar-refractivity contribution is -0.137. The van der Waals surface area contributed by atoms with Crippen molar-refractivity contribution < 1.29 is 14.7 Å². The molecule has 5 heterocycles. The van der Waals surface area contributed by atoms with Crippen molar-refractivity contribution in [3.8, 4) is 0 Å². The van der Waals surface area contributed by atoms with Crippen molar-refractivity contribution in [3.63, 3.8) is 0 Å². The molecule has 2 aliphatic rings. The molecule has 3 aromatic heterocycles. The molecule has 8 heteroatoms. The zero-order valence-corrected chi connectivity index (χ0v) is 25.4. The summed E-state index contributed by atoms with van der Waals surface area (Å²) in [5.41, 5.74) is 10.7. The molecule has 3 aromatic rings. The number of aliphatic carboxylic acids is 1. The Labute approximate surface area is 250 Å². The number of allylic oxidation sites excluding steroid dienone is 1. The van der Waals surface area contributed by atoms with Crippen molar-refractivity contribution in [3.05, 3.63) is 90.5 Å². The summed E-state index contributed by atoms with van der Waals surface area (Å²) >= 11 is 0. The predicted molar refractivity (Wildman–Crippen MR) is 173 cm³/mol. The summed E-state index contributed by atoms with van der Waals surface area (Å²) in [5.74, 6) is -0.896. The third-order valence-corrected chi connectivity index (χ3v) is 8.69. The maximum absolute atomic E-state index is 12.2. The number of nitrogens with one attached hydrogen (secondary N) is 3. The number of H-pyrrole nitrogens is 2. The number of hydrogen-bond acceptors (Lipinski definition) is 3. The van der Waals surface area contributed by atoms with Crippen molar-refractivity contribution in [2.24, 2.45) is 4.99 Å². The molecule has 2 aliphatic heterocycles. The molecule has 222 valence electrons. The molecule has 43 heavy (non-hydrogen) atoms. The fraction of sp³-hybridized carbons (Fsp3) is 0.286. The lowest BCUT2D eigenvalue weighted by Crippen LogP contribution is -2.22. The van der Waals surface area contributed by atoms with E-state index in [2.05, 4.69) is 48.4 Å². The number of hydrogen-bond donors (Lipinski definition) is 4. The molecule has 0 aliphatic carbocycles. The normalized spacial score (nSPS) is 18.7. The Morgan fingerprint density at radius 2 is 1.67 bits per heavy atom. The highest BCUT2D eigenvalue weighted by Gasteiger charge is 2.24. The predicted octanol–water partition coefficient (Wildman–Crippen LogP) is 2.43. The molecule has 0 spiro atoms. The molecule has 0 fully saturated rings. The largest absolute Gasteiger partial charge is 0.658 e. The molecular formula is C35H38N5O3-. The maximum Gasteiger partial charge on any atom is 0.303 e. The van der Waals surface area contributed by atoms with Gasteiger partial charge in [0.25, 0.3) is 0 Å². The molecule has 1 unspecified atom stereocenters. The molecule has 0 saturated heterocycles. The Balaban J connectivity index is 1.86. The molecule has 1 atom stereocenters. The van der Waals surface area contributed by atoms with Crippen LogP contribution in [0.3, 0.4) is 0 Å². The van der Waals surface area contributed by atoms with Gasteiger partial charge in [-0.15, -0.1) is 10.7 Å². The maximum atomic E-state index is 12.2. The third-order valence-electron chi connectivity index (χ3n) is 8.69. The molecule has 0 radical (unpaired) electrons.